The summed E-state index contributed by atoms with van der Waals surface area (Å²) in [7, 11) is 0. The summed E-state index contributed by atoms with van der Waals surface area (Å²) in [6.45, 7) is 0. The van der Waals surface area contributed by atoms with Gasteiger partial charge in [-0.3, -0.25) is 0 Å². The largest absolute Gasteiger partial charge is 0.504 e. The topological polar surface area (TPSA) is 86.7 Å². The van der Waals surface area contributed by atoms with E-state index in [1.165, 1.54) is 6.07 Å². The lowest BCUT2D eigenvalue weighted by atomic mass is 9.96. The van der Waals surface area contributed by atoms with Crippen molar-refractivity contribution in [3.05, 3.63) is 59.7 Å². The van der Waals surface area contributed by atoms with E-state index in [0.29, 0.717) is 12.0 Å². The summed E-state index contributed by atoms with van der Waals surface area (Å²) < 4.78 is 0. The van der Waals surface area contributed by atoms with Crippen molar-refractivity contribution in [2.75, 3.05) is 0 Å². The Kier molecular flexibility index (Phi) is 5.82. The van der Waals surface area contributed by atoms with E-state index < -0.39 is 12.1 Å². The van der Waals surface area contributed by atoms with Gasteiger partial charge in [0.1, 0.15) is 0 Å². The third-order valence-corrected chi connectivity index (χ3v) is 3.11. The summed E-state index contributed by atoms with van der Waals surface area (Å²) in [5, 5.41) is 29.3. The van der Waals surface area contributed by atoms with Gasteiger partial charge in [-0.05, 0) is 11.6 Å². The van der Waals surface area contributed by atoms with Gasteiger partial charge in [0.05, 0.1) is 12.1 Å². The molecule has 0 heterocycles. The Morgan fingerprint density at radius 3 is 2.25 bits per heavy atom. The first-order chi connectivity index (χ1) is 9.09. The molecule has 20 heavy (non-hydrogen) atoms. The number of phenols is 2. The summed E-state index contributed by atoms with van der Waals surface area (Å²) in [6, 6.07) is 13.3. The number of benzene rings is 2. The van der Waals surface area contributed by atoms with Crippen LogP contribution in [0.2, 0.25) is 0 Å². The predicted octanol–water partition coefficient (Wildman–Crippen LogP) is 2.12. The number of hydrogen-bond donors (Lipinski definition) is 4. The molecule has 108 valence electrons. The van der Waals surface area contributed by atoms with Gasteiger partial charge in [0.25, 0.3) is 0 Å². The molecule has 2 aromatic carbocycles. The number of para-hydroxylation sites is 1. The molecule has 0 saturated carbocycles. The van der Waals surface area contributed by atoms with Gasteiger partial charge >= 0.3 is 0 Å². The Morgan fingerprint density at radius 1 is 0.950 bits per heavy atom. The highest BCUT2D eigenvalue weighted by atomic mass is 35.5. The van der Waals surface area contributed by atoms with Gasteiger partial charge in [-0.15, -0.1) is 12.4 Å². The SMILES string of the molecule is Cl.N[C@H](c1cccc(O)c1O)[C@@H](O)Cc1ccccc1. The maximum Gasteiger partial charge on any atom is 0.162 e. The first-order valence-electron chi connectivity index (χ1n) is 6.08. The molecule has 2 aromatic rings. The van der Waals surface area contributed by atoms with Crippen molar-refractivity contribution in [2.24, 2.45) is 5.73 Å². The van der Waals surface area contributed by atoms with Crippen LogP contribution in [-0.4, -0.2) is 21.4 Å². The molecule has 0 fully saturated rings. The second kappa shape index (κ2) is 7.14. The fourth-order valence-electron chi connectivity index (χ4n) is 2.01. The van der Waals surface area contributed by atoms with Crippen molar-refractivity contribution in [1.29, 1.82) is 0 Å². The number of nitrogens with two attached hydrogens (primary N) is 1. The highest BCUT2D eigenvalue weighted by Crippen LogP contribution is 2.33. The number of hydrogen-bond acceptors (Lipinski definition) is 4. The normalized spacial score (nSPS) is 13.3. The Bertz CT molecular complexity index is 548. The first kappa shape index (κ1) is 16.3. The van der Waals surface area contributed by atoms with E-state index in [9.17, 15) is 15.3 Å². The number of aromatic hydroxyl groups is 2. The zero-order chi connectivity index (χ0) is 13.8. The maximum absolute atomic E-state index is 10.1. The zero-order valence-electron chi connectivity index (χ0n) is 10.8. The molecular formula is C15H18ClNO3. The zero-order valence-corrected chi connectivity index (χ0v) is 11.6. The van der Waals surface area contributed by atoms with E-state index in [0.717, 1.165) is 5.56 Å². The van der Waals surface area contributed by atoms with E-state index in [1.807, 2.05) is 30.3 Å². The van der Waals surface area contributed by atoms with Crippen LogP contribution < -0.4 is 5.73 Å². The van der Waals surface area contributed by atoms with Gasteiger partial charge in [-0.1, -0.05) is 42.5 Å². The third-order valence-electron chi connectivity index (χ3n) is 3.11. The molecule has 0 spiro atoms. The van der Waals surface area contributed by atoms with Gasteiger partial charge in [-0.25, -0.2) is 0 Å². The van der Waals surface area contributed by atoms with Crippen LogP contribution in [0.1, 0.15) is 17.2 Å². The smallest absolute Gasteiger partial charge is 0.162 e. The van der Waals surface area contributed by atoms with Crippen molar-refractivity contribution in [1.82, 2.24) is 0 Å². The number of aliphatic hydroxyl groups excluding tert-OH is 1. The average Bonchev–Trinajstić information content (AvgIpc) is 2.42. The van der Waals surface area contributed by atoms with E-state index in [-0.39, 0.29) is 23.9 Å². The molecule has 4 nitrogen and oxygen atoms in total. The maximum atomic E-state index is 10.1. The van der Waals surface area contributed by atoms with Crippen LogP contribution in [0.3, 0.4) is 0 Å². The van der Waals surface area contributed by atoms with Crippen LogP contribution in [0.15, 0.2) is 48.5 Å². The number of phenolic OH excluding ortho intramolecular Hbond substituents is 2. The van der Waals surface area contributed by atoms with Crippen LogP contribution in [0.5, 0.6) is 11.5 Å². The lowest BCUT2D eigenvalue weighted by molar-refractivity contribution is 0.143. The fourth-order valence-corrected chi connectivity index (χ4v) is 2.01. The summed E-state index contributed by atoms with van der Waals surface area (Å²) >= 11 is 0. The standard InChI is InChI=1S/C15H17NO3.ClH/c16-14(11-7-4-8-12(17)15(11)19)13(18)9-10-5-2-1-3-6-10;/h1-8,13-14,17-19H,9,16H2;1H/t13-,14+;/m0./s1. The number of rotatable bonds is 4. The molecule has 0 amide bonds. The monoisotopic (exact) mass is 295 g/mol. The van der Waals surface area contributed by atoms with Crippen LogP contribution in [0, 0.1) is 0 Å². The summed E-state index contributed by atoms with van der Waals surface area (Å²) in [6.07, 6.45) is -0.452. The minimum absolute atomic E-state index is 0. The molecule has 2 atom stereocenters. The van der Waals surface area contributed by atoms with Gasteiger partial charge < -0.3 is 21.1 Å². The number of halogens is 1. The Morgan fingerprint density at radius 2 is 1.60 bits per heavy atom. The molecule has 5 N–H and O–H groups in total. The van der Waals surface area contributed by atoms with Crippen molar-refractivity contribution in [2.45, 2.75) is 18.6 Å². The number of aliphatic hydroxyl groups is 1. The van der Waals surface area contributed by atoms with Gasteiger partial charge in [0.2, 0.25) is 0 Å². The van der Waals surface area contributed by atoms with Crippen molar-refractivity contribution in [3.63, 3.8) is 0 Å². The molecule has 2 rings (SSSR count). The Hall–Kier alpha value is -1.75. The third kappa shape index (κ3) is 3.63. The lowest BCUT2D eigenvalue weighted by Gasteiger charge is -2.20. The van der Waals surface area contributed by atoms with Crippen molar-refractivity contribution >= 4 is 12.4 Å². The average molecular weight is 296 g/mol. The second-order valence-electron chi connectivity index (χ2n) is 4.50. The molecular weight excluding hydrogens is 278 g/mol. The quantitative estimate of drug-likeness (QED) is 0.651. The highest BCUT2D eigenvalue weighted by molar-refractivity contribution is 5.85. The van der Waals surface area contributed by atoms with Crippen LogP contribution in [0.25, 0.3) is 0 Å². The second-order valence-corrected chi connectivity index (χ2v) is 4.50. The van der Waals surface area contributed by atoms with Crippen molar-refractivity contribution < 1.29 is 15.3 Å². The van der Waals surface area contributed by atoms with Gasteiger partial charge in [0.15, 0.2) is 11.5 Å². The fraction of sp³-hybridized carbons (Fsp3) is 0.200. The molecule has 0 unspecified atom stereocenters. The molecule has 0 aliphatic rings. The Labute approximate surface area is 123 Å². The van der Waals surface area contributed by atoms with E-state index in [4.69, 9.17) is 5.73 Å². The molecule has 5 heteroatoms. The first-order valence-corrected chi connectivity index (χ1v) is 6.08. The lowest BCUT2D eigenvalue weighted by Crippen LogP contribution is -2.28. The minimum atomic E-state index is -0.838. The molecule has 0 aliphatic carbocycles. The molecule has 0 radical (unpaired) electrons. The molecule has 0 aliphatic heterocycles. The molecule has 0 bridgehead atoms. The van der Waals surface area contributed by atoms with Crippen LogP contribution in [-0.2, 0) is 6.42 Å². The molecule has 0 saturated heterocycles. The van der Waals surface area contributed by atoms with Crippen LogP contribution >= 0.6 is 12.4 Å². The molecule has 0 aromatic heterocycles. The van der Waals surface area contributed by atoms with Crippen molar-refractivity contribution in [3.8, 4) is 11.5 Å². The predicted molar refractivity (Wildman–Crippen MR) is 80.1 cm³/mol. The Balaban J connectivity index is 0.00000200. The van der Waals surface area contributed by atoms with E-state index in [1.54, 1.807) is 12.1 Å². The summed E-state index contributed by atoms with van der Waals surface area (Å²) in [5.74, 6) is -0.512. The van der Waals surface area contributed by atoms with Gasteiger partial charge in [0, 0.05) is 12.0 Å². The minimum Gasteiger partial charge on any atom is -0.504 e. The van der Waals surface area contributed by atoms with Gasteiger partial charge in [-0.2, -0.15) is 0 Å². The van der Waals surface area contributed by atoms with E-state index in [2.05, 4.69) is 0 Å². The highest BCUT2D eigenvalue weighted by Gasteiger charge is 2.21. The summed E-state index contributed by atoms with van der Waals surface area (Å²) in [4.78, 5) is 0. The summed E-state index contributed by atoms with van der Waals surface area (Å²) in [5.41, 5.74) is 7.23. The van der Waals surface area contributed by atoms with Crippen LogP contribution in [0.4, 0.5) is 0 Å². The van der Waals surface area contributed by atoms with E-state index >= 15 is 0 Å².